The Morgan fingerprint density at radius 1 is 1.21 bits per heavy atom. The van der Waals surface area contributed by atoms with Crippen molar-refractivity contribution in [2.75, 3.05) is 6.54 Å². The number of rotatable bonds is 3. The van der Waals surface area contributed by atoms with Gasteiger partial charge in [-0.25, -0.2) is 0 Å². The number of nitrogens with zero attached hydrogens (tertiary/aromatic N) is 1. The molecule has 0 radical (unpaired) electrons. The van der Waals surface area contributed by atoms with Gasteiger partial charge in [0.05, 0.1) is 6.04 Å². The van der Waals surface area contributed by atoms with Crippen LogP contribution in [0.2, 0.25) is 10.0 Å². The fraction of sp³-hybridized carbons (Fsp3) is 0.600. The minimum absolute atomic E-state index is 0.103. The predicted molar refractivity (Wildman–Crippen MR) is 82.9 cm³/mol. The molecular weight excluding hydrogens is 279 g/mol. The van der Waals surface area contributed by atoms with Gasteiger partial charge in [0.25, 0.3) is 0 Å². The van der Waals surface area contributed by atoms with Crippen LogP contribution in [0.4, 0.5) is 0 Å². The first-order valence-electron chi connectivity index (χ1n) is 6.97. The number of piperidine rings is 1. The average molecular weight is 301 g/mol. The minimum Gasteiger partial charge on any atom is -0.329 e. The van der Waals surface area contributed by atoms with Gasteiger partial charge in [-0.3, -0.25) is 4.90 Å². The highest BCUT2D eigenvalue weighted by molar-refractivity contribution is 6.36. The van der Waals surface area contributed by atoms with Crippen LogP contribution in [0, 0.1) is 0 Å². The molecule has 0 bridgehead atoms. The van der Waals surface area contributed by atoms with Crippen LogP contribution in [-0.2, 0) is 0 Å². The molecule has 0 aromatic heterocycles. The molecule has 0 saturated carbocycles. The van der Waals surface area contributed by atoms with E-state index < -0.39 is 0 Å². The molecule has 3 atom stereocenters. The van der Waals surface area contributed by atoms with Crippen LogP contribution in [-0.4, -0.2) is 23.5 Å². The van der Waals surface area contributed by atoms with Crippen molar-refractivity contribution in [1.29, 1.82) is 0 Å². The fourth-order valence-electron chi connectivity index (χ4n) is 3.27. The number of likely N-dealkylation sites (tertiary alicyclic amines) is 1. The smallest absolute Gasteiger partial charge is 0.0505 e. The third-order valence-corrected chi connectivity index (χ3v) is 4.84. The van der Waals surface area contributed by atoms with E-state index in [0.717, 1.165) is 5.56 Å². The SMILES string of the molecule is CC1CCCC(C)N1C(CN)c1c(Cl)cccc1Cl. The number of benzene rings is 1. The van der Waals surface area contributed by atoms with Crippen LogP contribution in [0.5, 0.6) is 0 Å². The first-order chi connectivity index (χ1) is 9.06. The topological polar surface area (TPSA) is 29.3 Å². The van der Waals surface area contributed by atoms with Gasteiger partial charge >= 0.3 is 0 Å². The summed E-state index contributed by atoms with van der Waals surface area (Å²) in [4.78, 5) is 2.48. The molecule has 1 aromatic carbocycles. The summed E-state index contributed by atoms with van der Waals surface area (Å²) in [6.45, 7) is 5.07. The van der Waals surface area contributed by atoms with Crippen molar-refractivity contribution in [3.8, 4) is 0 Å². The number of hydrogen-bond donors (Lipinski definition) is 1. The third kappa shape index (κ3) is 3.08. The highest BCUT2D eigenvalue weighted by atomic mass is 35.5. The molecule has 3 unspecified atom stereocenters. The second-order valence-electron chi connectivity index (χ2n) is 5.46. The Bertz CT molecular complexity index is 406. The van der Waals surface area contributed by atoms with E-state index in [2.05, 4.69) is 18.7 Å². The van der Waals surface area contributed by atoms with Crippen LogP contribution in [0.1, 0.15) is 44.7 Å². The predicted octanol–water partition coefficient (Wildman–Crippen LogP) is 4.26. The summed E-state index contributed by atoms with van der Waals surface area (Å²) in [5, 5.41) is 1.43. The van der Waals surface area contributed by atoms with Crippen molar-refractivity contribution < 1.29 is 0 Å². The van der Waals surface area contributed by atoms with Crippen LogP contribution in [0.15, 0.2) is 18.2 Å². The van der Waals surface area contributed by atoms with E-state index >= 15 is 0 Å². The molecule has 2 N–H and O–H groups in total. The van der Waals surface area contributed by atoms with Crippen LogP contribution < -0.4 is 5.73 Å². The molecule has 19 heavy (non-hydrogen) atoms. The summed E-state index contributed by atoms with van der Waals surface area (Å²) in [7, 11) is 0. The maximum absolute atomic E-state index is 6.35. The zero-order valence-corrected chi connectivity index (χ0v) is 13.1. The van der Waals surface area contributed by atoms with Gasteiger partial charge in [-0.2, -0.15) is 0 Å². The van der Waals surface area contributed by atoms with E-state index in [-0.39, 0.29) is 6.04 Å². The van der Waals surface area contributed by atoms with Gasteiger partial charge in [0.2, 0.25) is 0 Å². The van der Waals surface area contributed by atoms with E-state index in [9.17, 15) is 0 Å². The molecule has 106 valence electrons. The zero-order chi connectivity index (χ0) is 14.0. The molecule has 4 heteroatoms. The lowest BCUT2D eigenvalue weighted by Crippen LogP contribution is -2.48. The van der Waals surface area contributed by atoms with Gasteiger partial charge in [0, 0.05) is 34.2 Å². The summed E-state index contributed by atoms with van der Waals surface area (Å²) < 4.78 is 0. The average Bonchev–Trinajstić information content (AvgIpc) is 2.36. The van der Waals surface area contributed by atoms with Crippen molar-refractivity contribution in [3.05, 3.63) is 33.8 Å². The van der Waals surface area contributed by atoms with Crippen molar-refractivity contribution in [1.82, 2.24) is 4.90 Å². The quantitative estimate of drug-likeness (QED) is 0.904. The Morgan fingerprint density at radius 2 is 1.74 bits per heavy atom. The van der Waals surface area contributed by atoms with Gasteiger partial charge in [0.15, 0.2) is 0 Å². The Labute approximate surface area is 125 Å². The molecular formula is C15H22Cl2N2. The number of hydrogen-bond acceptors (Lipinski definition) is 2. The number of halogens is 2. The molecule has 1 fully saturated rings. The molecule has 1 saturated heterocycles. The van der Waals surface area contributed by atoms with E-state index in [1.807, 2.05) is 18.2 Å². The highest BCUT2D eigenvalue weighted by Crippen LogP contribution is 2.38. The van der Waals surface area contributed by atoms with Gasteiger partial charge in [-0.05, 0) is 38.8 Å². The zero-order valence-electron chi connectivity index (χ0n) is 11.6. The molecule has 0 amide bonds. The Balaban J connectivity index is 2.38. The molecule has 1 aromatic rings. The summed E-state index contributed by atoms with van der Waals surface area (Å²) in [6, 6.07) is 6.81. The second kappa shape index (κ2) is 6.45. The molecule has 1 heterocycles. The lowest BCUT2D eigenvalue weighted by atomic mass is 9.92. The Kier molecular flexibility index (Phi) is 5.13. The second-order valence-corrected chi connectivity index (χ2v) is 6.28. The molecule has 2 rings (SSSR count). The molecule has 2 nitrogen and oxygen atoms in total. The van der Waals surface area contributed by atoms with Gasteiger partial charge in [0.1, 0.15) is 0 Å². The molecule has 1 aliphatic heterocycles. The van der Waals surface area contributed by atoms with Crippen molar-refractivity contribution in [2.45, 2.75) is 51.2 Å². The van der Waals surface area contributed by atoms with E-state index in [1.165, 1.54) is 19.3 Å². The van der Waals surface area contributed by atoms with Gasteiger partial charge in [-0.15, -0.1) is 0 Å². The first kappa shape index (κ1) is 15.1. The van der Waals surface area contributed by atoms with Crippen molar-refractivity contribution in [2.24, 2.45) is 5.73 Å². The lowest BCUT2D eigenvalue weighted by Gasteiger charge is -2.44. The van der Waals surface area contributed by atoms with Crippen LogP contribution >= 0.6 is 23.2 Å². The normalized spacial score (nSPS) is 26.4. The Morgan fingerprint density at radius 3 is 2.21 bits per heavy atom. The maximum atomic E-state index is 6.35. The molecule has 0 aliphatic carbocycles. The Hall–Kier alpha value is -0.280. The van der Waals surface area contributed by atoms with Gasteiger partial charge < -0.3 is 5.73 Å². The maximum Gasteiger partial charge on any atom is 0.0505 e. The summed E-state index contributed by atoms with van der Waals surface area (Å²) in [6.07, 6.45) is 3.71. The summed E-state index contributed by atoms with van der Waals surface area (Å²) in [5.74, 6) is 0. The van der Waals surface area contributed by atoms with E-state index in [4.69, 9.17) is 28.9 Å². The van der Waals surface area contributed by atoms with Gasteiger partial charge in [-0.1, -0.05) is 35.7 Å². The summed E-state index contributed by atoms with van der Waals surface area (Å²) >= 11 is 12.7. The van der Waals surface area contributed by atoms with Crippen molar-refractivity contribution in [3.63, 3.8) is 0 Å². The standard InChI is InChI=1S/C15H22Cl2N2/c1-10-5-3-6-11(2)19(10)14(9-18)15-12(16)7-4-8-13(15)17/h4,7-8,10-11,14H,3,5-6,9,18H2,1-2H3. The highest BCUT2D eigenvalue weighted by Gasteiger charge is 2.33. The van der Waals surface area contributed by atoms with Crippen LogP contribution in [0.3, 0.4) is 0 Å². The van der Waals surface area contributed by atoms with Crippen LogP contribution in [0.25, 0.3) is 0 Å². The lowest BCUT2D eigenvalue weighted by molar-refractivity contribution is 0.0578. The number of nitrogens with two attached hydrogens (primary N) is 1. The molecule has 0 spiro atoms. The minimum atomic E-state index is 0.103. The summed E-state index contributed by atoms with van der Waals surface area (Å²) in [5.41, 5.74) is 7.02. The molecule has 1 aliphatic rings. The fourth-order valence-corrected chi connectivity index (χ4v) is 3.92. The van der Waals surface area contributed by atoms with Crippen molar-refractivity contribution >= 4 is 23.2 Å². The van der Waals surface area contributed by atoms with E-state index in [0.29, 0.717) is 28.7 Å². The van der Waals surface area contributed by atoms with E-state index in [1.54, 1.807) is 0 Å². The first-order valence-corrected chi connectivity index (χ1v) is 7.73. The third-order valence-electron chi connectivity index (χ3n) is 4.18. The monoisotopic (exact) mass is 300 g/mol. The largest absolute Gasteiger partial charge is 0.329 e.